The summed E-state index contributed by atoms with van der Waals surface area (Å²) < 4.78 is 0. The van der Waals surface area contributed by atoms with E-state index in [0.29, 0.717) is 12.6 Å². The van der Waals surface area contributed by atoms with E-state index in [0.717, 1.165) is 25.9 Å². The predicted molar refractivity (Wildman–Crippen MR) is 75.9 cm³/mol. The number of likely N-dealkylation sites (tertiary alicyclic amines) is 1. The zero-order chi connectivity index (χ0) is 13.7. The molecule has 4 heteroatoms. The predicted octanol–water partition coefficient (Wildman–Crippen LogP) is 1.62. The number of aliphatic hydroxyl groups is 1. The lowest BCUT2D eigenvalue weighted by atomic mass is 10.1. The molecule has 4 nitrogen and oxygen atoms in total. The molecular formula is C15H28N2O2. The first-order valence-electron chi connectivity index (χ1n) is 7.89. The van der Waals surface area contributed by atoms with Gasteiger partial charge in [0.25, 0.3) is 0 Å². The number of hydrogen-bond donors (Lipinski definition) is 1. The third-order valence-electron chi connectivity index (χ3n) is 4.67. The zero-order valence-electron chi connectivity index (χ0n) is 12.2. The van der Waals surface area contributed by atoms with E-state index in [-0.39, 0.29) is 18.6 Å². The smallest absolute Gasteiger partial charge is 0.239 e. The summed E-state index contributed by atoms with van der Waals surface area (Å²) in [5.41, 5.74) is 0. The van der Waals surface area contributed by atoms with Gasteiger partial charge in [-0.2, -0.15) is 0 Å². The monoisotopic (exact) mass is 268 g/mol. The van der Waals surface area contributed by atoms with Crippen molar-refractivity contribution < 1.29 is 9.90 Å². The summed E-state index contributed by atoms with van der Waals surface area (Å²) in [4.78, 5) is 16.8. The standard InChI is InChI=1S/C15H28N2O2/c1-13(15(19)16-9-5-2-6-10-16)17(11-12-18)14-7-3-4-8-14/h13-14,18H,2-12H2,1H3. The van der Waals surface area contributed by atoms with Gasteiger partial charge in [0, 0.05) is 25.7 Å². The van der Waals surface area contributed by atoms with Crippen LogP contribution in [0.4, 0.5) is 0 Å². The second-order valence-corrected chi connectivity index (χ2v) is 5.96. The minimum Gasteiger partial charge on any atom is -0.395 e. The van der Waals surface area contributed by atoms with Crippen molar-refractivity contribution in [1.82, 2.24) is 9.80 Å². The fourth-order valence-corrected chi connectivity index (χ4v) is 3.56. The average Bonchev–Trinajstić information content (AvgIpc) is 2.98. The Bertz CT molecular complexity index is 284. The SMILES string of the molecule is CC(C(=O)N1CCCCC1)N(CCO)C1CCCC1. The molecule has 110 valence electrons. The third kappa shape index (κ3) is 3.69. The summed E-state index contributed by atoms with van der Waals surface area (Å²) >= 11 is 0. The molecule has 1 saturated heterocycles. The van der Waals surface area contributed by atoms with Gasteiger partial charge in [-0.15, -0.1) is 0 Å². The van der Waals surface area contributed by atoms with Gasteiger partial charge in [-0.25, -0.2) is 0 Å². The average molecular weight is 268 g/mol. The van der Waals surface area contributed by atoms with Gasteiger partial charge in [0.2, 0.25) is 5.91 Å². The molecule has 1 saturated carbocycles. The van der Waals surface area contributed by atoms with Crippen molar-refractivity contribution in [1.29, 1.82) is 0 Å². The molecule has 0 bridgehead atoms. The molecule has 1 aliphatic heterocycles. The summed E-state index contributed by atoms with van der Waals surface area (Å²) in [6, 6.07) is 0.421. The number of amides is 1. The van der Waals surface area contributed by atoms with Crippen LogP contribution in [0, 0.1) is 0 Å². The first kappa shape index (κ1) is 14.8. The van der Waals surface area contributed by atoms with Crippen molar-refractivity contribution >= 4 is 5.91 Å². The molecule has 19 heavy (non-hydrogen) atoms. The molecule has 2 aliphatic rings. The van der Waals surface area contributed by atoms with Crippen molar-refractivity contribution in [2.75, 3.05) is 26.2 Å². The van der Waals surface area contributed by atoms with Crippen LogP contribution >= 0.6 is 0 Å². The minimum atomic E-state index is -0.0756. The van der Waals surface area contributed by atoms with Crippen molar-refractivity contribution in [3.05, 3.63) is 0 Å². The molecule has 0 aromatic heterocycles. The molecule has 2 rings (SSSR count). The first-order chi connectivity index (χ1) is 9.24. The van der Waals surface area contributed by atoms with Crippen LogP contribution in [0.5, 0.6) is 0 Å². The number of nitrogens with zero attached hydrogens (tertiary/aromatic N) is 2. The van der Waals surface area contributed by atoms with Gasteiger partial charge in [-0.05, 0) is 39.0 Å². The lowest BCUT2D eigenvalue weighted by Crippen LogP contribution is -2.52. The molecular weight excluding hydrogens is 240 g/mol. The molecule has 0 spiro atoms. The molecule has 1 amide bonds. The van der Waals surface area contributed by atoms with Gasteiger partial charge >= 0.3 is 0 Å². The normalized spacial score (nSPS) is 23.0. The van der Waals surface area contributed by atoms with Crippen molar-refractivity contribution in [3.8, 4) is 0 Å². The van der Waals surface area contributed by atoms with Crippen LogP contribution in [0.15, 0.2) is 0 Å². The molecule has 2 fully saturated rings. The molecule has 1 aliphatic carbocycles. The van der Waals surface area contributed by atoms with Crippen LogP contribution in [0.2, 0.25) is 0 Å². The maximum absolute atomic E-state index is 12.6. The largest absolute Gasteiger partial charge is 0.395 e. The Balaban J connectivity index is 1.96. The van der Waals surface area contributed by atoms with Gasteiger partial charge in [-0.3, -0.25) is 9.69 Å². The number of hydrogen-bond acceptors (Lipinski definition) is 3. The van der Waals surface area contributed by atoms with E-state index in [2.05, 4.69) is 4.90 Å². The van der Waals surface area contributed by atoms with Crippen LogP contribution in [0.1, 0.15) is 51.9 Å². The highest BCUT2D eigenvalue weighted by molar-refractivity contribution is 5.81. The van der Waals surface area contributed by atoms with Crippen LogP contribution in [-0.2, 0) is 4.79 Å². The van der Waals surface area contributed by atoms with Crippen LogP contribution in [-0.4, -0.2) is 59.1 Å². The third-order valence-corrected chi connectivity index (χ3v) is 4.67. The minimum absolute atomic E-state index is 0.0756. The van der Waals surface area contributed by atoms with E-state index in [1.165, 1.54) is 32.1 Å². The van der Waals surface area contributed by atoms with E-state index >= 15 is 0 Å². The molecule has 1 atom stereocenters. The lowest BCUT2D eigenvalue weighted by molar-refractivity contribution is -0.138. The summed E-state index contributed by atoms with van der Waals surface area (Å²) in [6.07, 6.45) is 8.41. The Morgan fingerprint density at radius 3 is 2.42 bits per heavy atom. The highest BCUT2D eigenvalue weighted by Gasteiger charge is 2.32. The zero-order valence-corrected chi connectivity index (χ0v) is 12.2. The van der Waals surface area contributed by atoms with E-state index in [1.807, 2.05) is 11.8 Å². The molecule has 1 N–H and O–H groups in total. The van der Waals surface area contributed by atoms with Crippen LogP contribution in [0.25, 0.3) is 0 Å². The van der Waals surface area contributed by atoms with Gasteiger partial charge in [-0.1, -0.05) is 12.8 Å². The van der Waals surface area contributed by atoms with E-state index in [4.69, 9.17) is 0 Å². The Kier molecular flexibility index (Phi) is 5.64. The first-order valence-corrected chi connectivity index (χ1v) is 7.89. The molecule has 1 heterocycles. The molecule has 1 unspecified atom stereocenters. The van der Waals surface area contributed by atoms with E-state index < -0.39 is 0 Å². The van der Waals surface area contributed by atoms with Crippen molar-refractivity contribution in [3.63, 3.8) is 0 Å². The Morgan fingerprint density at radius 1 is 1.21 bits per heavy atom. The summed E-state index contributed by atoms with van der Waals surface area (Å²) in [5, 5.41) is 9.27. The topological polar surface area (TPSA) is 43.8 Å². The second-order valence-electron chi connectivity index (χ2n) is 5.96. The summed E-state index contributed by atoms with van der Waals surface area (Å²) in [5.74, 6) is 0.264. The van der Waals surface area contributed by atoms with Gasteiger partial charge in [0.15, 0.2) is 0 Å². The number of piperidine rings is 1. The Hall–Kier alpha value is -0.610. The lowest BCUT2D eigenvalue weighted by Gasteiger charge is -2.37. The Morgan fingerprint density at radius 2 is 1.84 bits per heavy atom. The van der Waals surface area contributed by atoms with Crippen LogP contribution < -0.4 is 0 Å². The maximum Gasteiger partial charge on any atom is 0.239 e. The van der Waals surface area contributed by atoms with Gasteiger partial charge in [0.05, 0.1) is 12.6 Å². The number of aliphatic hydroxyl groups excluding tert-OH is 1. The highest BCUT2D eigenvalue weighted by Crippen LogP contribution is 2.25. The van der Waals surface area contributed by atoms with E-state index in [9.17, 15) is 9.90 Å². The molecule has 0 radical (unpaired) electrons. The maximum atomic E-state index is 12.6. The van der Waals surface area contributed by atoms with Crippen molar-refractivity contribution in [2.45, 2.75) is 64.0 Å². The number of carbonyl (C=O) groups is 1. The highest BCUT2D eigenvalue weighted by atomic mass is 16.3. The van der Waals surface area contributed by atoms with E-state index in [1.54, 1.807) is 0 Å². The molecule has 0 aromatic rings. The van der Waals surface area contributed by atoms with Gasteiger partial charge < -0.3 is 10.0 Å². The van der Waals surface area contributed by atoms with Crippen LogP contribution in [0.3, 0.4) is 0 Å². The second kappa shape index (κ2) is 7.25. The number of rotatable bonds is 5. The van der Waals surface area contributed by atoms with Crippen molar-refractivity contribution in [2.24, 2.45) is 0 Å². The summed E-state index contributed by atoms with van der Waals surface area (Å²) in [7, 11) is 0. The van der Waals surface area contributed by atoms with Gasteiger partial charge in [0.1, 0.15) is 0 Å². The molecule has 0 aromatic carbocycles. The fraction of sp³-hybridized carbons (Fsp3) is 0.933. The fourth-order valence-electron chi connectivity index (χ4n) is 3.56. The summed E-state index contributed by atoms with van der Waals surface area (Å²) in [6.45, 7) is 4.63. The Labute approximate surface area is 116 Å². The quantitative estimate of drug-likeness (QED) is 0.824. The number of carbonyl (C=O) groups excluding carboxylic acids is 1.